The van der Waals surface area contributed by atoms with E-state index in [2.05, 4.69) is 9.88 Å². The van der Waals surface area contributed by atoms with Crippen LogP contribution in [0, 0.1) is 6.92 Å². The summed E-state index contributed by atoms with van der Waals surface area (Å²) in [5.41, 5.74) is 1.11. The van der Waals surface area contributed by atoms with Crippen LogP contribution < -0.4 is 5.56 Å². The van der Waals surface area contributed by atoms with Crippen molar-refractivity contribution in [1.82, 2.24) is 18.8 Å². The predicted octanol–water partition coefficient (Wildman–Crippen LogP) is 1.71. The lowest BCUT2D eigenvalue weighted by Gasteiger charge is -2.37. The van der Waals surface area contributed by atoms with Gasteiger partial charge in [0, 0.05) is 39.5 Å². The summed E-state index contributed by atoms with van der Waals surface area (Å²) in [5.74, 6) is 0.541. The standard InChI is InChI=1S/C23H28N4O5S2/c1-16-5-7-18(8-6-16)34(31,32)27-13-11-26(12-14-27)17(2)22-24-21-10-9-19(33(4,29)30)15-20(21)23(28)25(22)3/h5-10,15,17H,11-14H2,1-4H3. The molecule has 0 radical (unpaired) electrons. The molecular formula is C23H28N4O5S2. The first-order valence-corrected chi connectivity index (χ1v) is 14.2. The van der Waals surface area contributed by atoms with Gasteiger partial charge >= 0.3 is 0 Å². The van der Waals surface area contributed by atoms with E-state index in [9.17, 15) is 21.6 Å². The normalized spacial score (nSPS) is 17.2. The molecule has 34 heavy (non-hydrogen) atoms. The van der Waals surface area contributed by atoms with Crippen molar-refractivity contribution in [3.05, 3.63) is 64.2 Å². The van der Waals surface area contributed by atoms with Crippen molar-refractivity contribution in [3.8, 4) is 0 Å². The van der Waals surface area contributed by atoms with Gasteiger partial charge in [0.05, 0.1) is 26.7 Å². The van der Waals surface area contributed by atoms with Gasteiger partial charge in [-0.1, -0.05) is 17.7 Å². The molecule has 0 N–H and O–H groups in total. The van der Waals surface area contributed by atoms with Crippen LogP contribution in [0.4, 0.5) is 0 Å². The number of piperazine rings is 1. The van der Waals surface area contributed by atoms with Gasteiger partial charge in [-0.25, -0.2) is 21.8 Å². The molecule has 1 aliphatic heterocycles. The highest BCUT2D eigenvalue weighted by molar-refractivity contribution is 7.90. The molecule has 0 spiro atoms. The van der Waals surface area contributed by atoms with Crippen molar-refractivity contribution in [1.29, 1.82) is 0 Å². The molecule has 1 aliphatic rings. The zero-order valence-corrected chi connectivity index (χ0v) is 21.2. The van der Waals surface area contributed by atoms with Gasteiger partial charge in [-0.3, -0.25) is 14.3 Å². The Morgan fingerprint density at radius 1 is 0.912 bits per heavy atom. The third-order valence-corrected chi connectivity index (χ3v) is 9.39. The van der Waals surface area contributed by atoms with E-state index < -0.39 is 19.9 Å². The molecule has 0 amide bonds. The second kappa shape index (κ2) is 8.88. The lowest BCUT2D eigenvalue weighted by atomic mass is 10.2. The Kier molecular flexibility index (Phi) is 6.40. The third kappa shape index (κ3) is 4.52. The van der Waals surface area contributed by atoms with Crippen molar-refractivity contribution in [2.75, 3.05) is 32.4 Å². The zero-order valence-electron chi connectivity index (χ0n) is 19.6. The molecule has 3 aromatic rings. The molecule has 9 nitrogen and oxygen atoms in total. The summed E-state index contributed by atoms with van der Waals surface area (Å²) in [6.07, 6.45) is 1.10. The minimum absolute atomic E-state index is 0.0746. The average molecular weight is 505 g/mol. The van der Waals surface area contributed by atoms with Gasteiger partial charge in [0.2, 0.25) is 10.0 Å². The summed E-state index contributed by atoms with van der Waals surface area (Å²) >= 11 is 0. The van der Waals surface area contributed by atoms with E-state index in [0.717, 1.165) is 11.8 Å². The van der Waals surface area contributed by atoms with Crippen molar-refractivity contribution in [2.24, 2.45) is 7.05 Å². The summed E-state index contributed by atoms with van der Waals surface area (Å²) < 4.78 is 52.7. The van der Waals surface area contributed by atoms with Crippen LogP contribution in [0.25, 0.3) is 10.9 Å². The molecule has 1 fully saturated rings. The Balaban J connectivity index is 1.56. The van der Waals surface area contributed by atoms with Crippen LogP contribution >= 0.6 is 0 Å². The van der Waals surface area contributed by atoms with Crippen LogP contribution in [0.1, 0.15) is 24.4 Å². The highest BCUT2D eigenvalue weighted by Gasteiger charge is 2.31. The fourth-order valence-corrected chi connectivity index (χ4v) is 6.29. The van der Waals surface area contributed by atoms with E-state index in [4.69, 9.17) is 0 Å². The summed E-state index contributed by atoms with van der Waals surface area (Å²) in [5, 5.41) is 0.246. The van der Waals surface area contributed by atoms with Gasteiger partial charge in [0.25, 0.3) is 5.56 Å². The van der Waals surface area contributed by atoms with Gasteiger partial charge in [-0.05, 0) is 44.2 Å². The molecule has 11 heteroatoms. The van der Waals surface area contributed by atoms with Crippen LogP contribution in [-0.2, 0) is 26.9 Å². The number of aromatic nitrogens is 2. The lowest BCUT2D eigenvalue weighted by Crippen LogP contribution is -2.49. The molecule has 0 aliphatic carbocycles. The topological polar surface area (TPSA) is 110 Å². The first kappa shape index (κ1) is 24.5. The summed E-state index contributed by atoms with van der Waals surface area (Å²) in [6, 6.07) is 11.0. The number of hydrogen-bond acceptors (Lipinski definition) is 7. The van der Waals surface area contributed by atoms with Gasteiger partial charge in [0.15, 0.2) is 9.84 Å². The van der Waals surface area contributed by atoms with E-state index >= 15 is 0 Å². The number of sulfonamides is 1. The minimum atomic E-state index is -3.57. The maximum absolute atomic E-state index is 13.0. The van der Waals surface area contributed by atoms with Crippen LogP contribution in [0.3, 0.4) is 0 Å². The lowest BCUT2D eigenvalue weighted by molar-refractivity contribution is 0.139. The fourth-order valence-electron chi connectivity index (χ4n) is 4.23. The molecular weight excluding hydrogens is 476 g/mol. The van der Waals surface area contributed by atoms with E-state index in [1.165, 1.54) is 21.0 Å². The Bertz CT molecular complexity index is 1510. The number of fused-ring (bicyclic) bond motifs is 1. The highest BCUT2D eigenvalue weighted by Crippen LogP contribution is 2.24. The zero-order chi connectivity index (χ0) is 24.8. The molecule has 1 unspecified atom stereocenters. The number of nitrogens with zero attached hydrogens (tertiary/aromatic N) is 4. The largest absolute Gasteiger partial charge is 0.298 e. The first-order chi connectivity index (χ1) is 15.9. The van der Waals surface area contributed by atoms with Gasteiger partial charge in [-0.2, -0.15) is 4.31 Å². The van der Waals surface area contributed by atoms with E-state index in [1.807, 2.05) is 13.8 Å². The monoisotopic (exact) mass is 504 g/mol. The number of benzene rings is 2. The Hall–Kier alpha value is -2.60. The molecule has 1 saturated heterocycles. The summed E-state index contributed by atoms with van der Waals surface area (Å²) in [7, 11) is -5.39. The molecule has 1 atom stereocenters. The molecule has 4 rings (SSSR count). The van der Waals surface area contributed by atoms with Gasteiger partial charge in [-0.15, -0.1) is 0 Å². The average Bonchev–Trinajstić information content (AvgIpc) is 2.80. The fraction of sp³-hybridized carbons (Fsp3) is 0.391. The number of rotatable bonds is 5. The molecule has 0 saturated carbocycles. The Labute approximate surface area is 199 Å². The van der Waals surface area contributed by atoms with Crippen LogP contribution in [-0.4, -0.2) is 68.0 Å². The van der Waals surface area contributed by atoms with Crippen molar-refractivity contribution >= 4 is 30.8 Å². The van der Waals surface area contributed by atoms with Crippen molar-refractivity contribution in [2.45, 2.75) is 29.7 Å². The maximum Gasteiger partial charge on any atom is 0.261 e. The van der Waals surface area contributed by atoms with E-state index in [0.29, 0.717) is 37.5 Å². The number of hydrogen-bond donors (Lipinski definition) is 0. The summed E-state index contributed by atoms with van der Waals surface area (Å²) in [4.78, 5) is 20.1. The second-order valence-corrected chi connectivity index (χ2v) is 12.7. The van der Waals surface area contributed by atoms with E-state index in [1.54, 1.807) is 37.4 Å². The van der Waals surface area contributed by atoms with Crippen molar-refractivity contribution in [3.63, 3.8) is 0 Å². The van der Waals surface area contributed by atoms with Crippen LogP contribution in [0.2, 0.25) is 0 Å². The number of sulfone groups is 1. The van der Waals surface area contributed by atoms with Crippen LogP contribution in [0.15, 0.2) is 57.1 Å². The number of aryl methyl sites for hydroxylation is 1. The Morgan fingerprint density at radius 2 is 1.50 bits per heavy atom. The molecule has 182 valence electrons. The Morgan fingerprint density at radius 3 is 2.09 bits per heavy atom. The molecule has 1 aromatic heterocycles. The minimum Gasteiger partial charge on any atom is -0.298 e. The first-order valence-electron chi connectivity index (χ1n) is 10.9. The SMILES string of the molecule is Cc1ccc(S(=O)(=O)N2CCN(C(C)c3nc4ccc(S(C)(=O)=O)cc4c(=O)n3C)CC2)cc1. The molecule has 2 aromatic carbocycles. The quantitative estimate of drug-likeness (QED) is 0.520. The van der Waals surface area contributed by atoms with Gasteiger partial charge < -0.3 is 0 Å². The van der Waals surface area contributed by atoms with E-state index in [-0.39, 0.29) is 26.8 Å². The second-order valence-electron chi connectivity index (χ2n) is 8.71. The molecule has 0 bridgehead atoms. The van der Waals surface area contributed by atoms with Crippen LogP contribution in [0.5, 0.6) is 0 Å². The maximum atomic E-state index is 13.0. The smallest absolute Gasteiger partial charge is 0.261 e. The highest BCUT2D eigenvalue weighted by atomic mass is 32.2. The third-order valence-electron chi connectivity index (χ3n) is 6.36. The summed E-state index contributed by atoms with van der Waals surface area (Å²) in [6.45, 7) is 5.50. The molecule has 2 heterocycles. The predicted molar refractivity (Wildman–Crippen MR) is 130 cm³/mol. The van der Waals surface area contributed by atoms with Gasteiger partial charge in [0.1, 0.15) is 5.82 Å². The van der Waals surface area contributed by atoms with Crippen molar-refractivity contribution < 1.29 is 16.8 Å².